The van der Waals surface area contributed by atoms with Gasteiger partial charge in [0.2, 0.25) is 0 Å². The lowest BCUT2D eigenvalue weighted by Crippen LogP contribution is -1.97. The zero-order valence-electron chi connectivity index (χ0n) is 29.3. The van der Waals surface area contributed by atoms with Crippen LogP contribution >= 0.6 is 0 Å². The van der Waals surface area contributed by atoms with Gasteiger partial charge in [-0.2, -0.15) is 0 Å². The van der Waals surface area contributed by atoms with Crippen LogP contribution in [-0.2, 0) is 0 Å². The standard InChI is InChI=1S/C50H32N4/c1-5-14-33(15-6-1)38-22-13-23-39(30-38)45-32-46(54-50(53-45)37-20-11-4-12-21-37)40-26-29-44-42(31-40)41-27-24-36-25-28-43(34-16-7-2-8-17-34)51-49(36)47(41)48(52-44)35-18-9-3-10-19-35/h1-32H. The van der Waals surface area contributed by atoms with Crippen molar-refractivity contribution in [2.24, 2.45) is 0 Å². The second-order valence-electron chi connectivity index (χ2n) is 13.5. The molecule has 0 aliphatic rings. The van der Waals surface area contributed by atoms with E-state index in [1.54, 1.807) is 0 Å². The van der Waals surface area contributed by atoms with Crippen molar-refractivity contribution in [3.8, 4) is 67.5 Å². The van der Waals surface area contributed by atoms with E-state index < -0.39 is 0 Å². The molecular formula is C50H32N4. The number of hydrogen-bond donors (Lipinski definition) is 0. The summed E-state index contributed by atoms with van der Waals surface area (Å²) < 4.78 is 0. The van der Waals surface area contributed by atoms with Gasteiger partial charge in [-0.1, -0.05) is 164 Å². The average Bonchev–Trinajstić information content (AvgIpc) is 3.26. The first-order valence-corrected chi connectivity index (χ1v) is 18.1. The van der Waals surface area contributed by atoms with E-state index in [9.17, 15) is 0 Å². The summed E-state index contributed by atoms with van der Waals surface area (Å²) in [6.07, 6.45) is 0. The molecule has 10 rings (SSSR count). The molecule has 0 atom stereocenters. The molecule has 3 heterocycles. The van der Waals surface area contributed by atoms with Crippen molar-refractivity contribution in [2.75, 3.05) is 0 Å². The largest absolute Gasteiger partial charge is 0.247 e. The fourth-order valence-corrected chi connectivity index (χ4v) is 7.36. The van der Waals surface area contributed by atoms with Gasteiger partial charge in [-0.25, -0.2) is 19.9 Å². The Morgan fingerprint density at radius 2 is 0.870 bits per heavy atom. The van der Waals surface area contributed by atoms with Crippen LogP contribution in [0, 0.1) is 0 Å². The molecule has 54 heavy (non-hydrogen) atoms. The third kappa shape index (κ3) is 5.76. The van der Waals surface area contributed by atoms with Crippen LogP contribution in [0.3, 0.4) is 0 Å². The molecule has 0 amide bonds. The molecule has 0 aliphatic heterocycles. The van der Waals surface area contributed by atoms with E-state index >= 15 is 0 Å². The van der Waals surface area contributed by atoms with Gasteiger partial charge in [-0.3, -0.25) is 0 Å². The number of fused-ring (bicyclic) bond motifs is 5. The fourth-order valence-electron chi connectivity index (χ4n) is 7.36. The minimum atomic E-state index is 0.680. The topological polar surface area (TPSA) is 51.6 Å². The SMILES string of the molecule is c1ccc(-c2cccc(-c3cc(-c4ccc5nc(-c6ccccc6)c6c(ccc7ccc(-c8ccccc8)nc76)c5c4)nc(-c4ccccc4)n3)c2)cc1. The molecule has 0 bridgehead atoms. The summed E-state index contributed by atoms with van der Waals surface area (Å²) in [5.74, 6) is 0.680. The maximum absolute atomic E-state index is 5.36. The van der Waals surface area contributed by atoms with Crippen molar-refractivity contribution in [3.05, 3.63) is 194 Å². The molecule has 3 aromatic heterocycles. The monoisotopic (exact) mass is 688 g/mol. The highest BCUT2D eigenvalue weighted by Gasteiger charge is 2.17. The van der Waals surface area contributed by atoms with Gasteiger partial charge in [0.05, 0.1) is 33.8 Å². The van der Waals surface area contributed by atoms with Crippen LogP contribution in [0.1, 0.15) is 0 Å². The van der Waals surface area contributed by atoms with Crippen molar-refractivity contribution >= 4 is 32.6 Å². The number of pyridine rings is 2. The Bertz CT molecular complexity index is 2960. The summed E-state index contributed by atoms with van der Waals surface area (Å²) >= 11 is 0. The lowest BCUT2D eigenvalue weighted by molar-refractivity contribution is 1.18. The molecule has 0 radical (unpaired) electrons. The van der Waals surface area contributed by atoms with Crippen LogP contribution in [0.25, 0.3) is 100 Å². The molecule has 0 N–H and O–H groups in total. The maximum atomic E-state index is 5.36. The number of benzene rings is 7. The fraction of sp³-hybridized carbons (Fsp3) is 0. The number of nitrogens with zero attached hydrogens (tertiary/aromatic N) is 4. The van der Waals surface area contributed by atoms with Crippen LogP contribution in [0.15, 0.2) is 194 Å². The third-order valence-electron chi connectivity index (χ3n) is 10.1. The van der Waals surface area contributed by atoms with Gasteiger partial charge in [0.25, 0.3) is 0 Å². The van der Waals surface area contributed by atoms with E-state index in [4.69, 9.17) is 19.9 Å². The minimum absolute atomic E-state index is 0.680. The zero-order chi connectivity index (χ0) is 35.8. The Morgan fingerprint density at radius 1 is 0.296 bits per heavy atom. The Balaban J connectivity index is 1.20. The lowest BCUT2D eigenvalue weighted by Gasteiger charge is -2.15. The van der Waals surface area contributed by atoms with Crippen molar-refractivity contribution in [1.29, 1.82) is 0 Å². The van der Waals surface area contributed by atoms with Crippen LogP contribution in [-0.4, -0.2) is 19.9 Å². The highest BCUT2D eigenvalue weighted by Crippen LogP contribution is 2.39. The number of hydrogen-bond acceptors (Lipinski definition) is 4. The van der Waals surface area contributed by atoms with Crippen LogP contribution in [0.4, 0.5) is 0 Å². The van der Waals surface area contributed by atoms with Gasteiger partial charge in [0, 0.05) is 44.0 Å². The summed E-state index contributed by atoms with van der Waals surface area (Å²) in [4.78, 5) is 21.0. The molecule has 4 heteroatoms. The molecule has 4 nitrogen and oxygen atoms in total. The highest BCUT2D eigenvalue weighted by molar-refractivity contribution is 6.20. The summed E-state index contributed by atoms with van der Waals surface area (Å²) in [5.41, 5.74) is 12.8. The molecule has 10 aromatic rings. The molecule has 7 aromatic carbocycles. The van der Waals surface area contributed by atoms with Crippen molar-refractivity contribution in [2.45, 2.75) is 0 Å². The van der Waals surface area contributed by atoms with Crippen molar-refractivity contribution < 1.29 is 0 Å². The van der Waals surface area contributed by atoms with Gasteiger partial charge in [0.15, 0.2) is 5.82 Å². The van der Waals surface area contributed by atoms with Gasteiger partial charge in [-0.15, -0.1) is 0 Å². The zero-order valence-corrected chi connectivity index (χ0v) is 29.3. The first-order chi connectivity index (χ1) is 26.7. The van der Waals surface area contributed by atoms with E-state index in [-0.39, 0.29) is 0 Å². The number of rotatable bonds is 6. The van der Waals surface area contributed by atoms with Crippen molar-refractivity contribution in [3.63, 3.8) is 0 Å². The summed E-state index contributed by atoms with van der Waals surface area (Å²) in [6, 6.07) is 67.3. The average molecular weight is 689 g/mol. The Hall–Kier alpha value is -7.30. The normalized spacial score (nSPS) is 11.3. The van der Waals surface area contributed by atoms with Crippen LogP contribution < -0.4 is 0 Å². The second-order valence-corrected chi connectivity index (χ2v) is 13.5. The maximum Gasteiger partial charge on any atom is 0.160 e. The Labute approximate surface area is 313 Å². The van der Waals surface area contributed by atoms with Crippen LogP contribution in [0.2, 0.25) is 0 Å². The van der Waals surface area contributed by atoms with E-state index in [1.807, 2.05) is 36.4 Å². The summed E-state index contributed by atoms with van der Waals surface area (Å²) in [6.45, 7) is 0. The highest BCUT2D eigenvalue weighted by atomic mass is 14.9. The van der Waals surface area contributed by atoms with E-state index in [1.165, 1.54) is 5.56 Å². The summed E-state index contributed by atoms with van der Waals surface area (Å²) in [5, 5.41) is 4.25. The van der Waals surface area contributed by atoms with Gasteiger partial charge < -0.3 is 0 Å². The molecule has 0 saturated heterocycles. The Kier molecular flexibility index (Phi) is 7.77. The molecule has 0 aliphatic carbocycles. The molecule has 0 spiro atoms. The summed E-state index contributed by atoms with van der Waals surface area (Å²) in [7, 11) is 0. The second kappa shape index (κ2) is 13.4. The van der Waals surface area contributed by atoms with Crippen LogP contribution in [0.5, 0.6) is 0 Å². The molecule has 0 fully saturated rings. The van der Waals surface area contributed by atoms with Gasteiger partial charge in [0.1, 0.15) is 0 Å². The van der Waals surface area contributed by atoms with Crippen molar-refractivity contribution in [1.82, 2.24) is 19.9 Å². The first kappa shape index (κ1) is 31.4. The predicted molar refractivity (Wildman–Crippen MR) is 223 cm³/mol. The van der Waals surface area contributed by atoms with E-state index in [2.05, 4.69) is 158 Å². The molecule has 0 unspecified atom stereocenters. The first-order valence-electron chi connectivity index (χ1n) is 18.1. The lowest BCUT2D eigenvalue weighted by atomic mass is 9.95. The predicted octanol–water partition coefficient (Wildman–Crippen LogP) is 12.7. The minimum Gasteiger partial charge on any atom is -0.247 e. The third-order valence-corrected chi connectivity index (χ3v) is 10.1. The van der Waals surface area contributed by atoms with Gasteiger partial charge >= 0.3 is 0 Å². The molecule has 252 valence electrons. The quantitative estimate of drug-likeness (QED) is 0.163. The Morgan fingerprint density at radius 3 is 1.57 bits per heavy atom. The molecular weight excluding hydrogens is 657 g/mol. The van der Waals surface area contributed by atoms with E-state index in [0.717, 1.165) is 88.7 Å². The number of aromatic nitrogens is 4. The van der Waals surface area contributed by atoms with E-state index in [0.29, 0.717) is 5.82 Å². The van der Waals surface area contributed by atoms with Gasteiger partial charge in [-0.05, 0) is 46.8 Å². The smallest absolute Gasteiger partial charge is 0.160 e. The molecule has 0 saturated carbocycles.